The maximum Gasteiger partial charge on any atom is 0.315 e. The van der Waals surface area contributed by atoms with Crippen molar-refractivity contribution in [3.05, 3.63) is 42.1 Å². The summed E-state index contributed by atoms with van der Waals surface area (Å²) in [5.74, 6) is -0.821. The van der Waals surface area contributed by atoms with Crippen LogP contribution in [-0.4, -0.2) is 17.0 Å². The molecule has 1 aliphatic carbocycles. The third-order valence-electron chi connectivity index (χ3n) is 4.32. The van der Waals surface area contributed by atoms with Gasteiger partial charge in [0.15, 0.2) is 0 Å². The zero-order valence-electron chi connectivity index (χ0n) is 11.2. The smallest absolute Gasteiger partial charge is 0.315 e. The molecule has 0 saturated carbocycles. The number of carbonyl (C=O) groups is 2. The molecule has 0 bridgehead atoms. The van der Waals surface area contributed by atoms with Gasteiger partial charge in [0, 0.05) is 17.8 Å². The largest absolute Gasteiger partial charge is 0.481 e. The number of carboxylic acids is 1. The summed E-state index contributed by atoms with van der Waals surface area (Å²) < 4.78 is 0. The van der Waals surface area contributed by atoms with Gasteiger partial charge in [0.05, 0.1) is 0 Å². The van der Waals surface area contributed by atoms with Crippen molar-refractivity contribution < 1.29 is 14.7 Å². The third-order valence-corrected chi connectivity index (χ3v) is 4.32. The molecule has 4 heteroatoms. The number of carboxylic acid groups (broad SMARTS) is 1. The van der Waals surface area contributed by atoms with E-state index in [1.54, 1.807) is 4.90 Å². The number of piperidine rings is 1. The Morgan fingerprint density at radius 1 is 1.20 bits per heavy atom. The van der Waals surface area contributed by atoms with Gasteiger partial charge in [-0.25, -0.2) is 0 Å². The van der Waals surface area contributed by atoms with Crippen molar-refractivity contribution in [1.82, 2.24) is 0 Å². The number of rotatable bonds is 2. The summed E-state index contributed by atoms with van der Waals surface area (Å²) in [6.45, 7) is 0. The summed E-state index contributed by atoms with van der Waals surface area (Å²) >= 11 is 0. The third kappa shape index (κ3) is 1.83. The monoisotopic (exact) mass is 271 g/mol. The molecule has 1 aromatic carbocycles. The maximum absolute atomic E-state index is 12.3. The molecule has 1 unspecified atom stereocenters. The lowest BCUT2D eigenvalue weighted by Gasteiger charge is -2.44. The molecule has 1 aromatic rings. The van der Waals surface area contributed by atoms with E-state index in [0.29, 0.717) is 25.0 Å². The lowest BCUT2D eigenvalue weighted by atomic mass is 9.70. The second-order valence-corrected chi connectivity index (χ2v) is 5.43. The Morgan fingerprint density at radius 3 is 2.65 bits per heavy atom. The van der Waals surface area contributed by atoms with Crippen LogP contribution in [0, 0.1) is 5.41 Å². The van der Waals surface area contributed by atoms with E-state index in [1.165, 1.54) is 0 Å². The van der Waals surface area contributed by atoms with Crippen molar-refractivity contribution in [1.29, 1.82) is 0 Å². The maximum atomic E-state index is 12.3. The summed E-state index contributed by atoms with van der Waals surface area (Å²) in [6, 6.07) is 9.32. The Kier molecular flexibility index (Phi) is 3.08. The highest BCUT2D eigenvalue weighted by atomic mass is 16.4. The van der Waals surface area contributed by atoms with Gasteiger partial charge in [-0.3, -0.25) is 14.5 Å². The van der Waals surface area contributed by atoms with Crippen molar-refractivity contribution in [3.63, 3.8) is 0 Å². The zero-order valence-corrected chi connectivity index (χ0v) is 11.2. The number of allylic oxidation sites excluding steroid dienone is 1. The van der Waals surface area contributed by atoms with Crippen LogP contribution < -0.4 is 4.90 Å². The second-order valence-electron chi connectivity index (χ2n) is 5.43. The first-order valence-corrected chi connectivity index (χ1v) is 6.97. The van der Waals surface area contributed by atoms with Gasteiger partial charge in [0.25, 0.3) is 0 Å². The lowest BCUT2D eigenvalue weighted by molar-refractivity contribution is -0.149. The number of carbonyl (C=O) groups excluding carboxylic acids is 1. The summed E-state index contributed by atoms with van der Waals surface area (Å²) in [5, 5.41) is 9.70. The van der Waals surface area contributed by atoms with Crippen LogP contribution in [0.15, 0.2) is 42.1 Å². The minimum atomic E-state index is -0.887. The van der Waals surface area contributed by atoms with Crippen LogP contribution in [0.2, 0.25) is 0 Å². The van der Waals surface area contributed by atoms with Crippen LogP contribution in [0.4, 0.5) is 5.69 Å². The van der Waals surface area contributed by atoms with Gasteiger partial charge >= 0.3 is 5.97 Å². The molecule has 1 N–H and O–H groups in total. The van der Waals surface area contributed by atoms with E-state index in [-0.39, 0.29) is 5.91 Å². The first-order valence-electron chi connectivity index (χ1n) is 6.97. The summed E-state index contributed by atoms with van der Waals surface area (Å²) in [7, 11) is 0. The average Bonchev–Trinajstić information content (AvgIpc) is 2.48. The molecule has 0 aromatic heterocycles. The van der Waals surface area contributed by atoms with E-state index in [4.69, 9.17) is 0 Å². The van der Waals surface area contributed by atoms with Crippen LogP contribution >= 0.6 is 0 Å². The van der Waals surface area contributed by atoms with Crippen molar-refractivity contribution in [3.8, 4) is 0 Å². The van der Waals surface area contributed by atoms with Gasteiger partial charge in [-0.05, 0) is 37.8 Å². The van der Waals surface area contributed by atoms with Gasteiger partial charge in [-0.15, -0.1) is 0 Å². The molecule has 0 radical (unpaired) electrons. The molecule has 2 aliphatic rings. The Balaban J connectivity index is 2.11. The fourth-order valence-corrected chi connectivity index (χ4v) is 3.27. The van der Waals surface area contributed by atoms with E-state index in [1.807, 2.05) is 36.4 Å². The Labute approximate surface area is 117 Å². The van der Waals surface area contributed by atoms with Crippen LogP contribution in [0.3, 0.4) is 0 Å². The number of benzene rings is 1. The molecular formula is C16H17NO3. The molecule has 0 spiro atoms. The molecule has 1 saturated heterocycles. The SMILES string of the molecule is O=C1CCC2(C(=O)O)CCCC=C2N1c1ccccc1. The molecule has 1 amide bonds. The predicted octanol–water partition coefficient (Wildman–Crippen LogP) is 2.95. The molecule has 104 valence electrons. The quantitative estimate of drug-likeness (QED) is 0.899. The van der Waals surface area contributed by atoms with E-state index >= 15 is 0 Å². The Hall–Kier alpha value is -2.10. The van der Waals surface area contributed by atoms with Crippen molar-refractivity contribution in [2.45, 2.75) is 32.1 Å². The fraction of sp³-hybridized carbons (Fsp3) is 0.375. The molecular weight excluding hydrogens is 254 g/mol. The van der Waals surface area contributed by atoms with Crippen molar-refractivity contribution in [2.24, 2.45) is 5.41 Å². The highest BCUT2D eigenvalue weighted by Crippen LogP contribution is 2.48. The first kappa shape index (κ1) is 12.9. The Morgan fingerprint density at radius 2 is 1.95 bits per heavy atom. The molecule has 1 aliphatic heterocycles. The van der Waals surface area contributed by atoms with E-state index in [2.05, 4.69) is 0 Å². The standard InChI is InChI=1S/C16H17NO3/c18-14-9-11-16(15(19)20)10-5-4-8-13(16)17(14)12-6-2-1-3-7-12/h1-3,6-8H,4-5,9-11H2,(H,19,20). The van der Waals surface area contributed by atoms with E-state index < -0.39 is 11.4 Å². The molecule has 3 rings (SSSR count). The number of hydrogen-bond donors (Lipinski definition) is 1. The number of hydrogen-bond acceptors (Lipinski definition) is 2. The molecule has 1 heterocycles. The van der Waals surface area contributed by atoms with Crippen LogP contribution in [0.1, 0.15) is 32.1 Å². The highest BCUT2D eigenvalue weighted by Gasteiger charge is 2.50. The number of fused-ring (bicyclic) bond motifs is 1. The average molecular weight is 271 g/mol. The Bertz CT molecular complexity index is 579. The summed E-state index contributed by atoms with van der Waals surface area (Å²) in [5.41, 5.74) is 0.539. The molecule has 1 atom stereocenters. The second kappa shape index (κ2) is 4.78. The number of amides is 1. The highest BCUT2D eigenvalue weighted by molar-refractivity contribution is 6.01. The van der Waals surface area contributed by atoms with Crippen molar-refractivity contribution >= 4 is 17.6 Å². The van der Waals surface area contributed by atoms with Gasteiger partial charge in [0.2, 0.25) is 5.91 Å². The topological polar surface area (TPSA) is 57.6 Å². The normalized spacial score (nSPS) is 25.9. The van der Waals surface area contributed by atoms with Gasteiger partial charge in [-0.1, -0.05) is 24.3 Å². The van der Waals surface area contributed by atoms with Crippen LogP contribution in [-0.2, 0) is 9.59 Å². The first-order chi connectivity index (χ1) is 9.65. The van der Waals surface area contributed by atoms with Crippen LogP contribution in [0.25, 0.3) is 0 Å². The summed E-state index contributed by atoms with van der Waals surface area (Å²) in [6.07, 6.45) is 4.95. The minimum Gasteiger partial charge on any atom is -0.481 e. The minimum absolute atomic E-state index is 0.0128. The van der Waals surface area contributed by atoms with Gasteiger partial charge in [-0.2, -0.15) is 0 Å². The number of aliphatic carboxylic acids is 1. The van der Waals surface area contributed by atoms with Gasteiger partial charge in [0.1, 0.15) is 5.41 Å². The van der Waals surface area contributed by atoms with Gasteiger partial charge < -0.3 is 5.11 Å². The van der Waals surface area contributed by atoms with E-state index in [0.717, 1.165) is 18.5 Å². The lowest BCUT2D eigenvalue weighted by Crippen LogP contribution is -2.49. The van der Waals surface area contributed by atoms with Crippen molar-refractivity contribution in [2.75, 3.05) is 4.90 Å². The number of anilines is 1. The molecule has 4 nitrogen and oxygen atoms in total. The zero-order chi connectivity index (χ0) is 14.2. The van der Waals surface area contributed by atoms with Crippen LogP contribution in [0.5, 0.6) is 0 Å². The number of para-hydroxylation sites is 1. The summed E-state index contributed by atoms with van der Waals surface area (Å²) in [4.78, 5) is 25.7. The predicted molar refractivity (Wildman–Crippen MR) is 75.2 cm³/mol. The molecule has 1 fully saturated rings. The fourth-order valence-electron chi connectivity index (χ4n) is 3.27. The van der Waals surface area contributed by atoms with E-state index in [9.17, 15) is 14.7 Å². The number of nitrogens with zero attached hydrogens (tertiary/aromatic N) is 1. The molecule has 20 heavy (non-hydrogen) atoms.